The summed E-state index contributed by atoms with van der Waals surface area (Å²) in [4.78, 5) is 11.2. The minimum atomic E-state index is 0.193. The average molecular weight is 260 g/mol. The number of nitrogens with one attached hydrogen (secondary N) is 1. The molecule has 0 saturated carbocycles. The van der Waals surface area contributed by atoms with Crippen LogP contribution in [0, 0.1) is 0 Å². The number of fused-ring (bicyclic) bond motifs is 1. The van der Waals surface area contributed by atoms with Crippen molar-refractivity contribution in [2.24, 2.45) is 0 Å². The Morgan fingerprint density at radius 2 is 2.05 bits per heavy atom. The third-order valence-corrected chi connectivity index (χ3v) is 3.07. The number of anilines is 2. The molecule has 0 spiro atoms. The molecular weight excluding hydrogens is 240 g/mol. The zero-order valence-electron chi connectivity index (χ0n) is 11.4. The molecule has 2 N–H and O–H groups in total. The maximum atomic E-state index is 9.00. The van der Waals surface area contributed by atoms with Gasteiger partial charge < -0.3 is 15.3 Å². The Kier molecular flexibility index (Phi) is 4.52. The molecule has 0 atom stereocenters. The van der Waals surface area contributed by atoms with Crippen LogP contribution in [-0.4, -0.2) is 41.8 Å². The molecule has 0 amide bonds. The molecule has 19 heavy (non-hydrogen) atoms. The van der Waals surface area contributed by atoms with Crippen molar-refractivity contribution in [2.45, 2.75) is 13.3 Å². The maximum absolute atomic E-state index is 9.00. The zero-order chi connectivity index (χ0) is 13.7. The van der Waals surface area contributed by atoms with Crippen LogP contribution in [0.25, 0.3) is 10.9 Å². The van der Waals surface area contributed by atoms with Gasteiger partial charge in [0.2, 0.25) is 5.95 Å². The molecule has 1 aromatic carbocycles. The maximum Gasteiger partial charge on any atom is 0.224 e. The van der Waals surface area contributed by atoms with Gasteiger partial charge >= 0.3 is 0 Å². The lowest BCUT2D eigenvalue weighted by atomic mass is 10.2. The van der Waals surface area contributed by atoms with Crippen LogP contribution >= 0.6 is 0 Å². The number of aromatic nitrogens is 2. The lowest BCUT2D eigenvalue weighted by Crippen LogP contribution is -2.26. The lowest BCUT2D eigenvalue weighted by Gasteiger charge is -2.23. The van der Waals surface area contributed by atoms with Crippen molar-refractivity contribution in [3.63, 3.8) is 0 Å². The lowest BCUT2D eigenvalue weighted by molar-refractivity contribution is 0.289. The Balaban J connectivity index is 2.49. The predicted octanol–water partition coefficient (Wildman–Crippen LogP) is 1.88. The van der Waals surface area contributed by atoms with Gasteiger partial charge in [0.15, 0.2) is 0 Å². The largest absolute Gasteiger partial charge is 0.396 e. The molecule has 0 aliphatic carbocycles. The van der Waals surface area contributed by atoms with E-state index in [9.17, 15) is 0 Å². The van der Waals surface area contributed by atoms with E-state index in [0.29, 0.717) is 5.95 Å². The number of aliphatic hydroxyl groups is 1. The fourth-order valence-electron chi connectivity index (χ4n) is 2.09. The van der Waals surface area contributed by atoms with Crippen LogP contribution in [0.5, 0.6) is 0 Å². The van der Waals surface area contributed by atoms with Crippen molar-refractivity contribution in [3.8, 4) is 0 Å². The second-order valence-electron chi connectivity index (χ2n) is 4.29. The van der Waals surface area contributed by atoms with Gasteiger partial charge in [0.1, 0.15) is 5.82 Å². The zero-order valence-corrected chi connectivity index (χ0v) is 11.4. The highest BCUT2D eigenvalue weighted by Crippen LogP contribution is 2.25. The van der Waals surface area contributed by atoms with E-state index in [1.807, 2.05) is 31.3 Å². The molecule has 102 valence electrons. The Hall–Kier alpha value is -1.88. The number of hydrogen-bond donors (Lipinski definition) is 2. The van der Waals surface area contributed by atoms with Gasteiger partial charge in [-0.15, -0.1) is 0 Å². The Morgan fingerprint density at radius 3 is 2.74 bits per heavy atom. The molecule has 0 aliphatic rings. The summed E-state index contributed by atoms with van der Waals surface area (Å²) in [6.45, 7) is 3.92. The molecule has 0 radical (unpaired) electrons. The van der Waals surface area contributed by atoms with Crippen LogP contribution in [0.4, 0.5) is 11.8 Å². The van der Waals surface area contributed by atoms with Gasteiger partial charge in [-0.05, 0) is 25.5 Å². The summed E-state index contributed by atoms with van der Waals surface area (Å²) < 4.78 is 0. The first-order valence-electron chi connectivity index (χ1n) is 6.60. The highest BCUT2D eigenvalue weighted by molar-refractivity contribution is 5.90. The number of aliphatic hydroxyl groups excluding tert-OH is 1. The molecule has 0 unspecified atom stereocenters. The highest BCUT2D eigenvalue weighted by Gasteiger charge is 2.12. The molecule has 0 aliphatic heterocycles. The second kappa shape index (κ2) is 6.33. The smallest absolute Gasteiger partial charge is 0.224 e. The van der Waals surface area contributed by atoms with Crippen molar-refractivity contribution in [3.05, 3.63) is 24.3 Å². The first kappa shape index (κ1) is 13.5. The number of rotatable bonds is 6. The molecular formula is C14H20N4O. The minimum absolute atomic E-state index is 0.193. The number of hydrogen-bond acceptors (Lipinski definition) is 5. The van der Waals surface area contributed by atoms with E-state index in [0.717, 1.165) is 36.2 Å². The number of benzene rings is 1. The Labute approximate surface area is 113 Å². The van der Waals surface area contributed by atoms with Crippen molar-refractivity contribution in [2.75, 3.05) is 37.0 Å². The van der Waals surface area contributed by atoms with Gasteiger partial charge in [-0.3, -0.25) is 0 Å². The van der Waals surface area contributed by atoms with Crippen LogP contribution in [-0.2, 0) is 0 Å². The SMILES string of the molecule is CCN(CCCO)c1nc(NC)nc2ccccc12. The summed E-state index contributed by atoms with van der Waals surface area (Å²) in [7, 11) is 1.82. The molecule has 0 bridgehead atoms. The number of nitrogens with zero attached hydrogens (tertiary/aromatic N) is 3. The normalized spacial score (nSPS) is 10.7. The van der Waals surface area contributed by atoms with Gasteiger partial charge in [-0.1, -0.05) is 12.1 Å². The third-order valence-electron chi connectivity index (χ3n) is 3.07. The summed E-state index contributed by atoms with van der Waals surface area (Å²) in [5, 5.41) is 13.0. The Morgan fingerprint density at radius 1 is 1.26 bits per heavy atom. The van der Waals surface area contributed by atoms with Crippen LogP contribution in [0.1, 0.15) is 13.3 Å². The predicted molar refractivity (Wildman–Crippen MR) is 78.7 cm³/mol. The van der Waals surface area contributed by atoms with Gasteiger partial charge in [0.25, 0.3) is 0 Å². The van der Waals surface area contributed by atoms with Crippen LogP contribution in [0.15, 0.2) is 24.3 Å². The van der Waals surface area contributed by atoms with E-state index in [2.05, 4.69) is 27.1 Å². The average Bonchev–Trinajstić information content (AvgIpc) is 2.47. The summed E-state index contributed by atoms with van der Waals surface area (Å²) in [5.74, 6) is 1.54. The summed E-state index contributed by atoms with van der Waals surface area (Å²) in [5.41, 5.74) is 0.930. The molecule has 0 saturated heterocycles. The van der Waals surface area contributed by atoms with Crippen molar-refractivity contribution in [1.29, 1.82) is 0 Å². The van der Waals surface area contributed by atoms with Crippen LogP contribution in [0.2, 0.25) is 0 Å². The van der Waals surface area contributed by atoms with E-state index in [1.165, 1.54) is 0 Å². The summed E-state index contributed by atoms with van der Waals surface area (Å²) in [6.07, 6.45) is 0.737. The number of para-hydroxylation sites is 1. The standard InChI is InChI=1S/C14H20N4O/c1-3-18(9-6-10-19)13-11-7-4-5-8-12(11)16-14(15-2)17-13/h4-5,7-8,19H,3,6,9-10H2,1-2H3,(H,15,16,17). The van der Waals surface area contributed by atoms with Gasteiger partial charge in [0.05, 0.1) is 5.52 Å². The topological polar surface area (TPSA) is 61.3 Å². The molecule has 1 aromatic heterocycles. The quantitative estimate of drug-likeness (QED) is 0.830. The van der Waals surface area contributed by atoms with Crippen molar-refractivity contribution < 1.29 is 5.11 Å². The van der Waals surface area contributed by atoms with E-state index < -0.39 is 0 Å². The van der Waals surface area contributed by atoms with Crippen LogP contribution < -0.4 is 10.2 Å². The molecule has 5 nitrogen and oxygen atoms in total. The third kappa shape index (κ3) is 2.93. The summed E-state index contributed by atoms with van der Waals surface area (Å²) >= 11 is 0. The Bertz CT molecular complexity index is 544. The van der Waals surface area contributed by atoms with E-state index >= 15 is 0 Å². The van der Waals surface area contributed by atoms with Crippen molar-refractivity contribution in [1.82, 2.24) is 9.97 Å². The minimum Gasteiger partial charge on any atom is -0.396 e. The van der Waals surface area contributed by atoms with Crippen molar-refractivity contribution >= 4 is 22.7 Å². The van der Waals surface area contributed by atoms with E-state index in [4.69, 9.17) is 5.11 Å². The molecule has 5 heteroatoms. The van der Waals surface area contributed by atoms with E-state index in [-0.39, 0.29) is 6.61 Å². The summed E-state index contributed by atoms with van der Waals surface area (Å²) in [6, 6.07) is 7.99. The highest BCUT2D eigenvalue weighted by atomic mass is 16.3. The van der Waals surface area contributed by atoms with Crippen LogP contribution in [0.3, 0.4) is 0 Å². The molecule has 1 heterocycles. The first-order valence-corrected chi connectivity index (χ1v) is 6.60. The van der Waals surface area contributed by atoms with Gasteiger partial charge in [-0.25, -0.2) is 4.98 Å². The molecule has 2 aromatic rings. The van der Waals surface area contributed by atoms with Gasteiger partial charge in [0, 0.05) is 32.1 Å². The molecule has 0 fully saturated rings. The second-order valence-corrected chi connectivity index (χ2v) is 4.29. The van der Waals surface area contributed by atoms with E-state index in [1.54, 1.807) is 0 Å². The fourth-order valence-corrected chi connectivity index (χ4v) is 2.09. The molecule has 2 rings (SSSR count). The first-order chi connectivity index (χ1) is 9.30. The monoisotopic (exact) mass is 260 g/mol. The fraction of sp³-hybridized carbons (Fsp3) is 0.429. The van der Waals surface area contributed by atoms with Gasteiger partial charge in [-0.2, -0.15) is 4.98 Å².